The van der Waals surface area contributed by atoms with Crippen molar-refractivity contribution in [2.24, 2.45) is 10.7 Å². The molecule has 0 aliphatic heterocycles. The number of pyridine rings is 1. The number of carbonyl (C=O) groups is 2. The third-order valence-corrected chi connectivity index (χ3v) is 5.01. The highest BCUT2D eigenvalue weighted by atomic mass is 19.4. The van der Waals surface area contributed by atoms with Gasteiger partial charge in [0.25, 0.3) is 5.91 Å². The maximum absolute atomic E-state index is 13.0. The van der Waals surface area contributed by atoms with Crippen molar-refractivity contribution in [2.75, 3.05) is 19.0 Å². The van der Waals surface area contributed by atoms with E-state index in [1.54, 1.807) is 31.2 Å². The lowest BCUT2D eigenvalue weighted by Crippen LogP contribution is -2.36. The molecule has 0 spiro atoms. The maximum atomic E-state index is 13.0. The van der Waals surface area contributed by atoms with Crippen molar-refractivity contribution < 1.29 is 27.5 Å². The van der Waals surface area contributed by atoms with Crippen LogP contribution in [0.15, 0.2) is 41.5 Å². The summed E-state index contributed by atoms with van der Waals surface area (Å²) >= 11 is 0. The number of nitrogens with two attached hydrogens (primary N) is 1. The summed E-state index contributed by atoms with van der Waals surface area (Å²) in [7, 11) is 1.48. The second kappa shape index (κ2) is 10.3. The molecule has 0 fully saturated rings. The molecule has 1 aromatic heterocycles. The largest absolute Gasteiger partial charge is 0.491 e. The number of alkyl halides is 3. The van der Waals surface area contributed by atoms with Gasteiger partial charge in [0.1, 0.15) is 0 Å². The van der Waals surface area contributed by atoms with E-state index >= 15 is 0 Å². The molecule has 2 aromatic rings. The van der Waals surface area contributed by atoms with E-state index in [0.29, 0.717) is 30.3 Å². The predicted molar refractivity (Wildman–Crippen MR) is 118 cm³/mol. The van der Waals surface area contributed by atoms with Gasteiger partial charge in [-0.3, -0.25) is 14.5 Å². The molecular weight excluding hydrogens is 439 g/mol. The van der Waals surface area contributed by atoms with Crippen LogP contribution in [0.2, 0.25) is 0 Å². The number of nitrogens with one attached hydrogen (secondary N) is 1. The highest BCUT2D eigenvalue weighted by molar-refractivity contribution is 6.04. The molecule has 0 bridgehead atoms. The summed E-state index contributed by atoms with van der Waals surface area (Å²) in [6.07, 6.45) is -2.96. The van der Waals surface area contributed by atoms with Gasteiger partial charge in [-0.25, -0.2) is 9.98 Å². The van der Waals surface area contributed by atoms with Crippen LogP contribution in [-0.2, 0) is 16.5 Å². The smallest absolute Gasteiger partial charge is 0.418 e. The number of guanidine groups is 1. The first-order valence-electron chi connectivity index (χ1n) is 10.1. The van der Waals surface area contributed by atoms with Gasteiger partial charge in [-0.1, -0.05) is 19.1 Å². The minimum Gasteiger partial charge on any atom is -0.491 e. The highest BCUT2D eigenvalue weighted by Crippen LogP contribution is 2.33. The van der Waals surface area contributed by atoms with Crippen LogP contribution in [0.3, 0.4) is 0 Å². The summed E-state index contributed by atoms with van der Waals surface area (Å²) in [6.45, 7) is 5.36. The summed E-state index contributed by atoms with van der Waals surface area (Å²) < 4.78 is 44.2. The Hall–Kier alpha value is -3.63. The maximum Gasteiger partial charge on any atom is 0.418 e. The molecule has 0 aliphatic rings. The van der Waals surface area contributed by atoms with Crippen LogP contribution in [0.5, 0.6) is 5.75 Å². The van der Waals surface area contributed by atoms with Gasteiger partial charge >= 0.3 is 6.18 Å². The van der Waals surface area contributed by atoms with E-state index in [1.165, 1.54) is 7.05 Å². The fraction of sp³-hybridized carbons (Fsp3) is 0.364. The monoisotopic (exact) mass is 465 g/mol. The van der Waals surface area contributed by atoms with Crippen LogP contribution >= 0.6 is 0 Å². The third-order valence-electron chi connectivity index (χ3n) is 5.01. The normalized spacial score (nSPS) is 13.7. The molecule has 1 atom stereocenters. The first-order chi connectivity index (χ1) is 15.4. The minimum atomic E-state index is -4.62. The summed E-state index contributed by atoms with van der Waals surface area (Å²) in [5.41, 5.74) is 4.87. The molecule has 0 saturated carbocycles. The van der Waals surface area contributed by atoms with Gasteiger partial charge in [0, 0.05) is 18.9 Å². The molecular formula is C22H26F3N5O3. The standard InChI is InChI=1S/C22H26F3N5O3/c1-5-21(3,29-20(26)30(4)13-31)14-8-7-9-16(10-14)28-19(32)18-17(33-6-2)11-15(12-27-18)22(23,24)25/h7-13H,5-6H2,1-4H3,(H2,26,29)(H,28,32)/t21-/m0/s1. The Morgan fingerprint density at radius 3 is 2.55 bits per heavy atom. The number of hydrogen-bond donors (Lipinski definition) is 2. The number of anilines is 1. The van der Waals surface area contributed by atoms with Crippen molar-refractivity contribution in [3.05, 3.63) is 53.3 Å². The molecule has 178 valence electrons. The van der Waals surface area contributed by atoms with Gasteiger partial charge in [-0.2, -0.15) is 13.2 Å². The number of halogens is 3. The minimum absolute atomic E-state index is 0.0269. The average molecular weight is 465 g/mol. The molecule has 2 amide bonds. The number of benzene rings is 1. The Bertz CT molecular complexity index is 1040. The molecule has 0 unspecified atom stereocenters. The summed E-state index contributed by atoms with van der Waals surface area (Å²) in [4.78, 5) is 33.0. The van der Waals surface area contributed by atoms with E-state index in [2.05, 4.69) is 15.3 Å². The van der Waals surface area contributed by atoms with E-state index in [-0.39, 0.29) is 24.0 Å². The Morgan fingerprint density at radius 2 is 1.97 bits per heavy atom. The second-order valence-corrected chi connectivity index (χ2v) is 7.35. The number of aliphatic imine (C=N–C) groups is 1. The van der Waals surface area contributed by atoms with Gasteiger partial charge in [-0.15, -0.1) is 0 Å². The number of hydrogen-bond acceptors (Lipinski definition) is 5. The van der Waals surface area contributed by atoms with Gasteiger partial charge in [0.2, 0.25) is 6.41 Å². The Balaban J connectivity index is 2.37. The van der Waals surface area contributed by atoms with Crippen molar-refractivity contribution in [3.8, 4) is 5.75 Å². The number of aromatic nitrogens is 1. The molecule has 3 N–H and O–H groups in total. The molecule has 1 aromatic carbocycles. The second-order valence-electron chi connectivity index (χ2n) is 7.35. The van der Waals surface area contributed by atoms with Crippen molar-refractivity contribution in [1.82, 2.24) is 9.88 Å². The van der Waals surface area contributed by atoms with Gasteiger partial charge < -0.3 is 15.8 Å². The number of rotatable bonds is 8. The average Bonchev–Trinajstić information content (AvgIpc) is 2.78. The van der Waals surface area contributed by atoms with E-state index in [4.69, 9.17) is 10.5 Å². The molecule has 2 rings (SSSR count). The van der Waals surface area contributed by atoms with Crippen molar-refractivity contribution >= 4 is 24.0 Å². The van der Waals surface area contributed by atoms with Crippen molar-refractivity contribution in [2.45, 2.75) is 38.9 Å². The molecule has 0 saturated heterocycles. The third kappa shape index (κ3) is 6.21. The van der Waals surface area contributed by atoms with Crippen LogP contribution in [0, 0.1) is 0 Å². The van der Waals surface area contributed by atoms with Crippen LogP contribution in [-0.4, -0.2) is 41.8 Å². The van der Waals surface area contributed by atoms with Crippen LogP contribution in [0.1, 0.15) is 48.8 Å². The quantitative estimate of drug-likeness (QED) is 0.350. The molecule has 1 heterocycles. The lowest BCUT2D eigenvalue weighted by molar-refractivity contribution is -0.138. The van der Waals surface area contributed by atoms with Crippen LogP contribution in [0.25, 0.3) is 0 Å². The molecule has 33 heavy (non-hydrogen) atoms. The number of nitrogens with zero attached hydrogens (tertiary/aromatic N) is 3. The summed E-state index contributed by atoms with van der Waals surface area (Å²) in [6, 6.07) is 7.52. The topological polar surface area (TPSA) is 110 Å². The van der Waals surface area contributed by atoms with E-state index < -0.39 is 23.2 Å². The molecule has 8 nitrogen and oxygen atoms in total. The van der Waals surface area contributed by atoms with Crippen molar-refractivity contribution in [1.29, 1.82) is 0 Å². The Kier molecular flexibility index (Phi) is 8.02. The first-order valence-corrected chi connectivity index (χ1v) is 10.1. The summed E-state index contributed by atoms with van der Waals surface area (Å²) in [5, 5.41) is 2.63. The Labute approximate surface area is 189 Å². The first kappa shape index (κ1) is 25.6. The number of amides is 2. The highest BCUT2D eigenvalue weighted by Gasteiger charge is 2.33. The van der Waals surface area contributed by atoms with Crippen molar-refractivity contribution in [3.63, 3.8) is 0 Å². The Morgan fingerprint density at radius 1 is 1.27 bits per heavy atom. The van der Waals surface area contributed by atoms with E-state index in [9.17, 15) is 22.8 Å². The zero-order valence-electron chi connectivity index (χ0n) is 18.7. The SMILES string of the molecule is CCOc1cc(C(F)(F)F)cnc1C(=O)Nc1cccc([C@](C)(CC)N=C(N)N(C)C=O)c1. The van der Waals surface area contributed by atoms with E-state index in [0.717, 1.165) is 11.0 Å². The molecule has 0 aliphatic carbocycles. The fourth-order valence-corrected chi connectivity index (χ4v) is 2.89. The number of ether oxygens (including phenoxy) is 1. The van der Waals surface area contributed by atoms with Gasteiger partial charge in [-0.05, 0) is 44.0 Å². The van der Waals surface area contributed by atoms with E-state index in [1.807, 2.05) is 13.8 Å². The van der Waals surface area contributed by atoms with Crippen LogP contribution in [0.4, 0.5) is 18.9 Å². The van der Waals surface area contributed by atoms with Gasteiger partial charge in [0.05, 0.1) is 17.7 Å². The lowest BCUT2D eigenvalue weighted by atomic mass is 9.89. The lowest BCUT2D eigenvalue weighted by Gasteiger charge is -2.26. The number of carbonyl (C=O) groups excluding carboxylic acids is 2. The summed E-state index contributed by atoms with van der Waals surface area (Å²) in [5.74, 6) is -0.973. The van der Waals surface area contributed by atoms with Gasteiger partial charge in [0.15, 0.2) is 17.4 Å². The fourth-order valence-electron chi connectivity index (χ4n) is 2.89. The van der Waals surface area contributed by atoms with Crippen LogP contribution < -0.4 is 15.8 Å². The molecule has 11 heteroatoms. The predicted octanol–water partition coefficient (Wildman–Crippen LogP) is 3.78. The zero-order valence-corrected chi connectivity index (χ0v) is 18.7. The zero-order chi connectivity index (χ0) is 24.8. The molecule has 0 radical (unpaired) electrons.